The summed E-state index contributed by atoms with van der Waals surface area (Å²) in [7, 11) is -2.46. The lowest BCUT2D eigenvalue weighted by atomic mass is 9.99. The van der Waals surface area contributed by atoms with E-state index in [-0.39, 0.29) is 29.4 Å². The summed E-state index contributed by atoms with van der Waals surface area (Å²) in [6.07, 6.45) is 0.0477. The summed E-state index contributed by atoms with van der Waals surface area (Å²) >= 11 is 0. The number of methoxy groups -OCH3 is 1. The van der Waals surface area contributed by atoms with Crippen LogP contribution in [0.5, 0.6) is 5.75 Å². The fraction of sp³-hybridized carbons (Fsp3) is 0.200. The van der Waals surface area contributed by atoms with Crippen molar-refractivity contribution >= 4 is 33.1 Å². The maximum Gasteiger partial charge on any atom is 0.262 e. The van der Waals surface area contributed by atoms with Crippen molar-refractivity contribution in [3.05, 3.63) is 83.4 Å². The largest absolute Gasteiger partial charge is 0.495 e. The van der Waals surface area contributed by atoms with Crippen molar-refractivity contribution in [2.75, 3.05) is 17.1 Å². The Morgan fingerprint density at radius 3 is 2.42 bits per heavy atom. The smallest absolute Gasteiger partial charge is 0.262 e. The Labute approximate surface area is 193 Å². The van der Waals surface area contributed by atoms with E-state index in [1.54, 1.807) is 30.3 Å². The second-order valence-electron chi connectivity index (χ2n) is 7.62. The first kappa shape index (κ1) is 24.0. The first-order valence-corrected chi connectivity index (χ1v) is 11.8. The van der Waals surface area contributed by atoms with Gasteiger partial charge in [0.25, 0.3) is 10.0 Å². The molecule has 0 bridgehead atoms. The zero-order chi connectivity index (χ0) is 24.0. The summed E-state index contributed by atoms with van der Waals surface area (Å²) in [6, 6.07) is 18.2. The SMILES string of the molecule is COc1ccccc1NS(=O)(=O)c1cccc(NC(=O)CCC(=O)c2cc(C)ccc2C)c1. The molecule has 172 valence electrons. The topological polar surface area (TPSA) is 102 Å². The number of hydrogen-bond donors (Lipinski definition) is 2. The fourth-order valence-electron chi connectivity index (χ4n) is 3.30. The molecule has 0 radical (unpaired) electrons. The van der Waals surface area contributed by atoms with Gasteiger partial charge in [-0.2, -0.15) is 0 Å². The molecule has 0 spiro atoms. The second kappa shape index (κ2) is 10.3. The van der Waals surface area contributed by atoms with E-state index < -0.39 is 10.0 Å². The van der Waals surface area contributed by atoms with Crippen molar-refractivity contribution in [1.29, 1.82) is 0 Å². The molecule has 0 atom stereocenters. The third kappa shape index (κ3) is 6.20. The van der Waals surface area contributed by atoms with Gasteiger partial charge in [0.2, 0.25) is 5.91 Å². The highest BCUT2D eigenvalue weighted by Gasteiger charge is 2.18. The Bertz CT molecular complexity index is 1290. The first-order chi connectivity index (χ1) is 15.7. The lowest BCUT2D eigenvalue weighted by molar-refractivity contribution is -0.116. The van der Waals surface area contributed by atoms with E-state index in [1.807, 2.05) is 32.0 Å². The number of amides is 1. The minimum Gasteiger partial charge on any atom is -0.495 e. The number of carbonyl (C=O) groups excluding carboxylic acids is 2. The molecule has 0 heterocycles. The van der Waals surface area contributed by atoms with E-state index in [9.17, 15) is 18.0 Å². The van der Waals surface area contributed by atoms with Crippen LogP contribution in [0, 0.1) is 13.8 Å². The van der Waals surface area contributed by atoms with Gasteiger partial charge in [0.15, 0.2) is 5.78 Å². The summed E-state index contributed by atoms with van der Waals surface area (Å²) in [5.74, 6) is -0.0939. The van der Waals surface area contributed by atoms with Gasteiger partial charge in [-0.05, 0) is 55.8 Å². The maximum atomic E-state index is 12.8. The van der Waals surface area contributed by atoms with Crippen molar-refractivity contribution in [2.24, 2.45) is 0 Å². The van der Waals surface area contributed by atoms with Crippen LogP contribution in [-0.4, -0.2) is 27.2 Å². The first-order valence-electron chi connectivity index (χ1n) is 10.4. The van der Waals surface area contributed by atoms with Crippen molar-refractivity contribution in [3.63, 3.8) is 0 Å². The van der Waals surface area contributed by atoms with Crippen LogP contribution in [0.25, 0.3) is 0 Å². The van der Waals surface area contributed by atoms with E-state index in [1.165, 1.54) is 25.3 Å². The molecule has 0 aromatic heterocycles. The van der Waals surface area contributed by atoms with Crippen LogP contribution in [0.2, 0.25) is 0 Å². The predicted octanol–water partition coefficient (Wildman–Crippen LogP) is 4.71. The van der Waals surface area contributed by atoms with Crippen molar-refractivity contribution in [3.8, 4) is 5.75 Å². The van der Waals surface area contributed by atoms with E-state index >= 15 is 0 Å². The molecule has 0 saturated heterocycles. The van der Waals surface area contributed by atoms with Crippen LogP contribution in [0.15, 0.2) is 71.6 Å². The summed E-state index contributed by atoms with van der Waals surface area (Å²) < 4.78 is 33.3. The van der Waals surface area contributed by atoms with Gasteiger partial charge < -0.3 is 10.1 Å². The molecule has 0 unspecified atom stereocenters. The van der Waals surface area contributed by atoms with Crippen LogP contribution in [0.3, 0.4) is 0 Å². The van der Waals surface area contributed by atoms with Crippen LogP contribution in [0.1, 0.15) is 34.3 Å². The van der Waals surface area contributed by atoms with Crippen molar-refractivity contribution < 1.29 is 22.7 Å². The number of para-hydroxylation sites is 2. The van der Waals surface area contributed by atoms with Crippen LogP contribution >= 0.6 is 0 Å². The molecule has 0 saturated carbocycles. The number of anilines is 2. The van der Waals surface area contributed by atoms with E-state index in [4.69, 9.17) is 4.74 Å². The Kier molecular flexibility index (Phi) is 7.50. The third-order valence-corrected chi connectivity index (χ3v) is 6.42. The molecule has 7 nitrogen and oxygen atoms in total. The van der Waals surface area contributed by atoms with Crippen LogP contribution in [0.4, 0.5) is 11.4 Å². The molecule has 0 aliphatic carbocycles. The number of carbonyl (C=O) groups is 2. The molecule has 33 heavy (non-hydrogen) atoms. The third-order valence-electron chi connectivity index (χ3n) is 5.05. The van der Waals surface area contributed by atoms with Gasteiger partial charge in [-0.15, -0.1) is 0 Å². The van der Waals surface area contributed by atoms with Gasteiger partial charge in [0.1, 0.15) is 5.75 Å². The van der Waals surface area contributed by atoms with Gasteiger partial charge >= 0.3 is 0 Å². The highest BCUT2D eigenvalue weighted by Crippen LogP contribution is 2.27. The molecule has 2 N–H and O–H groups in total. The lowest BCUT2D eigenvalue weighted by Gasteiger charge is -2.12. The Morgan fingerprint density at radius 1 is 0.909 bits per heavy atom. The highest BCUT2D eigenvalue weighted by molar-refractivity contribution is 7.92. The fourth-order valence-corrected chi connectivity index (χ4v) is 4.41. The number of rotatable bonds is 9. The zero-order valence-corrected chi connectivity index (χ0v) is 19.5. The molecular formula is C25H26N2O5S. The number of aryl methyl sites for hydroxylation is 2. The number of ether oxygens (including phenoxy) is 1. The quantitative estimate of drug-likeness (QED) is 0.445. The Hall–Kier alpha value is -3.65. The standard InChI is InChI=1S/C25H26N2O5S/c1-17-11-12-18(2)21(15-17)23(28)13-14-25(29)26-19-7-6-8-20(16-19)33(30,31)27-22-9-4-5-10-24(22)32-3/h4-12,15-16,27H,13-14H2,1-3H3,(H,26,29). The summed E-state index contributed by atoms with van der Waals surface area (Å²) in [4.78, 5) is 24.9. The van der Waals surface area contributed by atoms with E-state index in [0.717, 1.165) is 11.1 Å². The van der Waals surface area contributed by atoms with Gasteiger partial charge in [-0.3, -0.25) is 14.3 Å². The number of nitrogens with one attached hydrogen (secondary N) is 2. The normalized spacial score (nSPS) is 11.0. The number of Topliss-reactive ketones (excluding diaryl/α,β-unsaturated/α-hetero) is 1. The lowest BCUT2D eigenvalue weighted by Crippen LogP contribution is -2.16. The minimum atomic E-state index is -3.91. The predicted molar refractivity (Wildman–Crippen MR) is 128 cm³/mol. The molecule has 3 aromatic carbocycles. The van der Waals surface area contributed by atoms with E-state index in [2.05, 4.69) is 10.0 Å². The molecule has 0 fully saturated rings. The average Bonchev–Trinajstić information content (AvgIpc) is 2.79. The number of benzene rings is 3. The van der Waals surface area contributed by atoms with Crippen molar-refractivity contribution in [1.82, 2.24) is 0 Å². The summed E-state index contributed by atoms with van der Waals surface area (Å²) in [5.41, 5.74) is 3.08. The zero-order valence-electron chi connectivity index (χ0n) is 18.7. The minimum absolute atomic E-state index is 0.0113. The number of hydrogen-bond acceptors (Lipinski definition) is 5. The Balaban J connectivity index is 1.66. The van der Waals surface area contributed by atoms with Gasteiger partial charge in [-0.1, -0.05) is 35.9 Å². The van der Waals surface area contributed by atoms with Gasteiger partial charge in [0, 0.05) is 24.1 Å². The van der Waals surface area contributed by atoms with Gasteiger partial charge in [-0.25, -0.2) is 8.42 Å². The number of ketones is 1. The van der Waals surface area contributed by atoms with Crippen LogP contribution in [-0.2, 0) is 14.8 Å². The molecule has 3 aromatic rings. The molecule has 8 heteroatoms. The Morgan fingerprint density at radius 2 is 1.67 bits per heavy atom. The molecule has 1 amide bonds. The highest BCUT2D eigenvalue weighted by atomic mass is 32.2. The average molecular weight is 467 g/mol. The molecule has 3 rings (SSSR count). The van der Waals surface area contributed by atoms with Crippen molar-refractivity contribution in [2.45, 2.75) is 31.6 Å². The second-order valence-corrected chi connectivity index (χ2v) is 9.31. The maximum absolute atomic E-state index is 12.8. The van der Waals surface area contributed by atoms with Crippen LogP contribution < -0.4 is 14.8 Å². The van der Waals surface area contributed by atoms with Gasteiger partial charge in [0.05, 0.1) is 17.7 Å². The number of sulfonamides is 1. The summed E-state index contributed by atoms with van der Waals surface area (Å²) in [6.45, 7) is 3.77. The monoisotopic (exact) mass is 466 g/mol. The molecule has 0 aliphatic rings. The molecule has 0 aliphatic heterocycles. The summed E-state index contributed by atoms with van der Waals surface area (Å²) in [5, 5.41) is 2.67. The molecular weight excluding hydrogens is 440 g/mol. The van der Waals surface area contributed by atoms with E-state index in [0.29, 0.717) is 22.7 Å².